The lowest BCUT2D eigenvalue weighted by Crippen LogP contribution is -2.28. The Bertz CT molecular complexity index is 1150. The number of ketones is 1. The Morgan fingerprint density at radius 1 is 1.20 bits per heavy atom. The lowest BCUT2D eigenvalue weighted by molar-refractivity contribution is -0.140. The van der Waals surface area contributed by atoms with Crippen LogP contribution in [0.4, 0.5) is 0 Å². The van der Waals surface area contributed by atoms with Crippen molar-refractivity contribution < 1.29 is 19.4 Å². The quantitative estimate of drug-likeness (QED) is 0.315. The molecule has 1 amide bonds. The number of methoxy groups -OCH3 is 1. The van der Waals surface area contributed by atoms with Crippen LogP contribution in [0.1, 0.15) is 26.9 Å². The van der Waals surface area contributed by atoms with Gasteiger partial charge in [0.1, 0.15) is 17.6 Å². The van der Waals surface area contributed by atoms with Crippen LogP contribution in [0, 0.1) is 6.92 Å². The van der Waals surface area contributed by atoms with Gasteiger partial charge in [0, 0.05) is 15.3 Å². The number of ether oxygens (including phenoxy) is 1. The molecule has 1 unspecified atom stereocenters. The summed E-state index contributed by atoms with van der Waals surface area (Å²) in [5.41, 5.74) is 1.24. The molecule has 0 radical (unpaired) electrons. The van der Waals surface area contributed by atoms with E-state index in [0.717, 1.165) is 15.3 Å². The maximum Gasteiger partial charge on any atom is 0.296 e. The molecule has 1 aliphatic heterocycles. The zero-order valence-electron chi connectivity index (χ0n) is 16.2. The second kappa shape index (κ2) is 8.26. The number of Topliss-reactive ketones (excluding diaryl/α,β-unsaturated/α-hetero) is 1. The van der Waals surface area contributed by atoms with Gasteiger partial charge in [-0.25, -0.2) is 0 Å². The topological polar surface area (TPSA) is 66.8 Å². The van der Waals surface area contributed by atoms with Crippen LogP contribution in [0.3, 0.4) is 0 Å². The van der Waals surface area contributed by atoms with E-state index < -0.39 is 17.7 Å². The van der Waals surface area contributed by atoms with Gasteiger partial charge in [0.25, 0.3) is 11.7 Å². The first-order valence-electron chi connectivity index (χ1n) is 9.11. The van der Waals surface area contributed by atoms with Crippen molar-refractivity contribution in [2.24, 2.45) is 0 Å². The van der Waals surface area contributed by atoms with Crippen molar-refractivity contribution in [3.8, 4) is 5.75 Å². The smallest absolute Gasteiger partial charge is 0.296 e. The monoisotopic (exact) mass is 459 g/mol. The number of carbonyl (C=O) groups excluding carboxylic acids is 2. The summed E-state index contributed by atoms with van der Waals surface area (Å²) in [6.45, 7) is 2.21. The summed E-state index contributed by atoms with van der Waals surface area (Å²) in [5.74, 6) is -1.18. The fourth-order valence-electron chi connectivity index (χ4n) is 3.51. The summed E-state index contributed by atoms with van der Waals surface area (Å²) in [7, 11) is 1.50. The van der Waals surface area contributed by atoms with Crippen molar-refractivity contribution in [1.29, 1.82) is 0 Å². The highest BCUT2D eigenvalue weighted by atomic mass is 35.5. The van der Waals surface area contributed by atoms with Crippen LogP contribution in [-0.4, -0.2) is 28.8 Å². The predicted octanol–water partition coefficient (Wildman–Crippen LogP) is 5.40. The molecule has 154 valence electrons. The van der Waals surface area contributed by atoms with Crippen molar-refractivity contribution in [2.75, 3.05) is 7.11 Å². The highest BCUT2D eigenvalue weighted by Crippen LogP contribution is 2.44. The standard InChI is InChI=1S/C22H18ClNO4S2/c1-12-7-9-30-21(12)18-17(19(25)15-10-13(28-2)5-6-16(15)23)20(26)22(27)24(18)11-14-4-3-8-29-14/h3-10,18,25H,11H2,1-2H3/b19-17+. The lowest BCUT2D eigenvalue weighted by atomic mass is 9.98. The second-order valence-electron chi connectivity index (χ2n) is 6.82. The molecule has 1 aliphatic rings. The fraction of sp³-hybridized carbons (Fsp3) is 0.182. The largest absolute Gasteiger partial charge is 0.507 e. The molecule has 1 aromatic carbocycles. The van der Waals surface area contributed by atoms with Crippen LogP contribution in [0.2, 0.25) is 5.02 Å². The highest BCUT2D eigenvalue weighted by molar-refractivity contribution is 7.10. The minimum Gasteiger partial charge on any atom is -0.507 e. The fourth-order valence-corrected chi connectivity index (χ4v) is 5.47. The van der Waals surface area contributed by atoms with Gasteiger partial charge in [-0.15, -0.1) is 22.7 Å². The third kappa shape index (κ3) is 3.53. The molecule has 1 fully saturated rings. The van der Waals surface area contributed by atoms with E-state index in [-0.39, 0.29) is 28.5 Å². The number of aliphatic hydroxyl groups is 1. The molecule has 1 N–H and O–H groups in total. The van der Waals surface area contributed by atoms with Gasteiger partial charge in [-0.05, 0) is 53.6 Å². The number of amides is 1. The van der Waals surface area contributed by atoms with E-state index in [1.165, 1.54) is 34.7 Å². The number of nitrogens with zero attached hydrogens (tertiary/aromatic N) is 1. The Kier molecular flexibility index (Phi) is 5.69. The van der Waals surface area contributed by atoms with Crippen LogP contribution >= 0.6 is 34.3 Å². The number of benzene rings is 1. The Morgan fingerprint density at radius 3 is 2.63 bits per heavy atom. The molecule has 1 atom stereocenters. The maximum atomic E-state index is 13.1. The minimum absolute atomic E-state index is 0.0391. The Morgan fingerprint density at radius 2 is 2.00 bits per heavy atom. The summed E-state index contributed by atoms with van der Waals surface area (Å²) in [6.07, 6.45) is 0. The van der Waals surface area contributed by atoms with Gasteiger partial charge < -0.3 is 14.7 Å². The first-order chi connectivity index (χ1) is 14.4. The summed E-state index contributed by atoms with van der Waals surface area (Å²) in [6, 6.07) is 9.87. The number of hydrogen-bond donors (Lipinski definition) is 1. The predicted molar refractivity (Wildman–Crippen MR) is 119 cm³/mol. The van der Waals surface area contributed by atoms with Crippen LogP contribution in [-0.2, 0) is 16.1 Å². The van der Waals surface area contributed by atoms with Crippen LogP contribution < -0.4 is 4.74 Å². The first-order valence-corrected chi connectivity index (χ1v) is 11.2. The summed E-state index contributed by atoms with van der Waals surface area (Å²) in [5, 5.41) is 15.3. The lowest BCUT2D eigenvalue weighted by Gasteiger charge is -2.24. The Balaban J connectivity index is 1.90. The number of carbonyl (C=O) groups is 2. The molecule has 1 saturated heterocycles. The molecule has 3 aromatic rings. The number of likely N-dealkylation sites (tertiary alicyclic amines) is 1. The molecule has 5 nitrogen and oxygen atoms in total. The van der Waals surface area contributed by atoms with E-state index in [1.54, 1.807) is 18.2 Å². The average molecular weight is 460 g/mol. The normalized spacial score (nSPS) is 18.2. The summed E-state index contributed by atoms with van der Waals surface area (Å²) >= 11 is 9.27. The van der Waals surface area contributed by atoms with E-state index in [9.17, 15) is 14.7 Å². The first kappa shape index (κ1) is 20.7. The van der Waals surface area contributed by atoms with E-state index in [1.807, 2.05) is 35.9 Å². The molecule has 2 aromatic heterocycles. The number of aryl methyl sites for hydroxylation is 1. The molecule has 8 heteroatoms. The van der Waals surface area contributed by atoms with Gasteiger partial charge >= 0.3 is 0 Å². The number of aliphatic hydroxyl groups excluding tert-OH is 1. The van der Waals surface area contributed by atoms with Gasteiger partial charge in [0.2, 0.25) is 0 Å². The number of hydrogen-bond acceptors (Lipinski definition) is 6. The molecule has 3 heterocycles. The molecular weight excluding hydrogens is 442 g/mol. The molecule has 0 bridgehead atoms. The van der Waals surface area contributed by atoms with Crippen LogP contribution in [0.25, 0.3) is 5.76 Å². The molecule has 30 heavy (non-hydrogen) atoms. The Hall–Kier alpha value is -2.61. The highest BCUT2D eigenvalue weighted by Gasteiger charge is 2.47. The summed E-state index contributed by atoms with van der Waals surface area (Å²) < 4.78 is 5.23. The van der Waals surface area contributed by atoms with Gasteiger partial charge in [0.05, 0.1) is 24.3 Å². The second-order valence-corrected chi connectivity index (χ2v) is 9.21. The van der Waals surface area contributed by atoms with E-state index in [4.69, 9.17) is 16.3 Å². The van der Waals surface area contributed by atoms with E-state index in [2.05, 4.69) is 0 Å². The average Bonchev–Trinajstić information content (AvgIpc) is 3.45. The van der Waals surface area contributed by atoms with Crippen molar-refractivity contribution in [3.05, 3.63) is 78.6 Å². The molecule has 4 rings (SSSR count). The van der Waals surface area contributed by atoms with Gasteiger partial charge in [0.15, 0.2) is 0 Å². The SMILES string of the molecule is COc1ccc(Cl)c(/C(O)=C2\C(=O)C(=O)N(Cc3cccs3)C2c2sccc2C)c1. The van der Waals surface area contributed by atoms with Crippen LogP contribution in [0.5, 0.6) is 5.75 Å². The van der Waals surface area contributed by atoms with Crippen molar-refractivity contribution in [2.45, 2.75) is 19.5 Å². The molecular formula is C22H18ClNO4S2. The van der Waals surface area contributed by atoms with Crippen LogP contribution in [0.15, 0.2) is 52.7 Å². The molecule has 0 aliphatic carbocycles. The zero-order valence-corrected chi connectivity index (χ0v) is 18.6. The number of rotatable bonds is 5. The van der Waals surface area contributed by atoms with Crippen molar-refractivity contribution >= 4 is 51.7 Å². The van der Waals surface area contributed by atoms with Gasteiger partial charge in [-0.1, -0.05) is 17.7 Å². The van der Waals surface area contributed by atoms with Gasteiger partial charge in [-0.2, -0.15) is 0 Å². The number of halogens is 1. The van der Waals surface area contributed by atoms with Gasteiger partial charge in [-0.3, -0.25) is 9.59 Å². The van der Waals surface area contributed by atoms with E-state index >= 15 is 0 Å². The third-order valence-electron chi connectivity index (χ3n) is 5.02. The number of thiophene rings is 2. The molecule has 0 spiro atoms. The Labute approximate surface area is 186 Å². The van der Waals surface area contributed by atoms with E-state index in [0.29, 0.717) is 5.75 Å². The molecule has 0 saturated carbocycles. The minimum atomic E-state index is -0.722. The maximum absolute atomic E-state index is 13.1. The van der Waals surface area contributed by atoms with Crippen molar-refractivity contribution in [3.63, 3.8) is 0 Å². The third-order valence-corrected chi connectivity index (χ3v) is 7.29. The zero-order chi connectivity index (χ0) is 21.4. The summed E-state index contributed by atoms with van der Waals surface area (Å²) in [4.78, 5) is 29.4. The van der Waals surface area contributed by atoms with Crippen molar-refractivity contribution in [1.82, 2.24) is 4.90 Å².